The third kappa shape index (κ3) is 5.31. The number of aromatic hydroxyl groups is 2. The van der Waals surface area contributed by atoms with Crippen LogP contribution in [0.1, 0.15) is 21.6 Å². The zero-order chi connectivity index (χ0) is 23.4. The van der Waals surface area contributed by atoms with Gasteiger partial charge in [-0.2, -0.15) is 10.2 Å². The van der Waals surface area contributed by atoms with Crippen LogP contribution in [0.5, 0.6) is 11.5 Å². The van der Waals surface area contributed by atoms with Crippen molar-refractivity contribution < 1.29 is 15.0 Å². The van der Waals surface area contributed by atoms with E-state index in [1.54, 1.807) is 48.7 Å². The van der Waals surface area contributed by atoms with E-state index in [2.05, 4.69) is 20.6 Å². The Morgan fingerprint density at radius 1 is 1.09 bits per heavy atom. The number of hydrazone groups is 1. The normalized spacial score (nSPS) is 11.1. The van der Waals surface area contributed by atoms with Crippen molar-refractivity contribution in [2.75, 3.05) is 0 Å². The second kappa shape index (κ2) is 9.72. The number of pyridine rings is 1. The van der Waals surface area contributed by atoms with Gasteiger partial charge in [0.15, 0.2) is 11.5 Å². The summed E-state index contributed by atoms with van der Waals surface area (Å²) in [6, 6.07) is 16.6. The zero-order valence-corrected chi connectivity index (χ0v) is 18.5. The van der Waals surface area contributed by atoms with Crippen molar-refractivity contribution in [3.05, 3.63) is 93.9 Å². The molecule has 0 saturated heterocycles. The highest BCUT2D eigenvalue weighted by atomic mass is 35.5. The van der Waals surface area contributed by atoms with E-state index < -0.39 is 5.91 Å². The smallest absolute Gasteiger partial charge is 0.289 e. The molecule has 3 N–H and O–H groups in total. The molecule has 0 fully saturated rings. The predicted molar refractivity (Wildman–Crippen MR) is 126 cm³/mol. The van der Waals surface area contributed by atoms with Crippen LogP contribution in [0.25, 0.3) is 11.3 Å². The summed E-state index contributed by atoms with van der Waals surface area (Å²) in [4.78, 5) is 17.0. The monoisotopic (exact) mass is 481 g/mol. The molecule has 0 radical (unpaired) electrons. The zero-order valence-electron chi connectivity index (χ0n) is 17.0. The van der Waals surface area contributed by atoms with Crippen molar-refractivity contribution in [3.63, 3.8) is 0 Å². The lowest BCUT2D eigenvalue weighted by molar-refractivity contribution is 0.0945. The van der Waals surface area contributed by atoms with Crippen LogP contribution in [0.2, 0.25) is 10.2 Å². The molecule has 0 atom stereocenters. The first-order valence-corrected chi connectivity index (χ1v) is 10.4. The van der Waals surface area contributed by atoms with Gasteiger partial charge in [0.1, 0.15) is 10.8 Å². The first-order chi connectivity index (χ1) is 15.9. The summed E-state index contributed by atoms with van der Waals surface area (Å²) in [6.45, 7) is 0.275. The number of halogens is 2. The molecule has 4 rings (SSSR count). The number of nitrogens with zero attached hydrogens (tertiary/aromatic N) is 4. The molecule has 0 spiro atoms. The molecule has 8 nitrogen and oxygen atoms in total. The number of hydrogen-bond donors (Lipinski definition) is 3. The van der Waals surface area contributed by atoms with Gasteiger partial charge in [0, 0.05) is 22.3 Å². The van der Waals surface area contributed by atoms with Crippen LogP contribution in [0.4, 0.5) is 0 Å². The predicted octanol–water partition coefficient (Wildman–Crippen LogP) is 4.48. The number of hydrogen-bond acceptors (Lipinski definition) is 6. The van der Waals surface area contributed by atoms with Crippen LogP contribution in [-0.4, -0.2) is 37.1 Å². The van der Waals surface area contributed by atoms with E-state index in [9.17, 15) is 15.0 Å². The number of phenols is 2. The topological polar surface area (TPSA) is 113 Å². The Labute approximate surface area is 198 Å². The second-order valence-corrected chi connectivity index (χ2v) is 7.81. The number of nitrogens with one attached hydrogen (secondary N) is 1. The highest BCUT2D eigenvalue weighted by Crippen LogP contribution is 2.26. The average molecular weight is 482 g/mol. The number of carbonyl (C=O) groups is 1. The Morgan fingerprint density at radius 2 is 1.88 bits per heavy atom. The van der Waals surface area contributed by atoms with Crippen molar-refractivity contribution >= 4 is 35.3 Å². The summed E-state index contributed by atoms with van der Waals surface area (Å²) in [5.41, 5.74) is 5.09. The largest absolute Gasteiger partial charge is 0.504 e. The molecule has 0 bridgehead atoms. The summed E-state index contributed by atoms with van der Waals surface area (Å²) < 4.78 is 1.53. The molecule has 4 aromatic rings. The minimum Gasteiger partial charge on any atom is -0.504 e. The molecule has 0 unspecified atom stereocenters. The number of carbonyl (C=O) groups excluding carboxylic acids is 1. The van der Waals surface area contributed by atoms with E-state index in [0.717, 1.165) is 11.1 Å². The van der Waals surface area contributed by atoms with Gasteiger partial charge in [0.2, 0.25) is 0 Å². The van der Waals surface area contributed by atoms with E-state index in [1.165, 1.54) is 17.0 Å². The molecular formula is C23H17Cl2N5O3. The minimum atomic E-state index is -0.513. The Balaban J connectivity index is 1.62. The van der Waals surface area contributed by atoms with E-state index >= 15 is 0 Å². The number of para-hydroxylation sites is 1. The van der Waals surface area contributed by atoms with Gasteiger partial charge in [-0.05, 0) is 42.0 Å². The van der Waals surface area contributed by atoms with E-state index in [1.807, 2.05) is 12.1 Å². The highest BCUT2D eigenvalue weighted by molar-refractivity contribution is 6.30. The van der Waals surface area contributed by atoms with Gasteiger partial charge in [-0.3, -0.25) is 9.48 Å². The van der Waals surface area contributed by atoms with Crippen molar-refractivity contribution in [1.82, 2.24) is 20.2 Å². The lowest BCUT2D eigenvalue weighted by Crippen LogP contribution is -2.22. The third-order valence-electron chi connectivity index (χ3n) is 4.69. The Kier molecular flexibility index (Phi) is 6.58. The quantitative estimate of drug-likeness (QED) is 0.162. The van der Waals surface area contributed by atoms with Crippen LogP contribution < -0.4 is 5.43 Å². The number of phenolic OH excluding ortho intramolecular Hbond substituents is 2. The van der Waals surface area contributed by atoms with Gasteiger partial charge in [-0.1, -0.05) is 47.5 Å². The first-order valence-electron chi connectivity index (χ1n) is 9.69. The number of rotatable bonds is 6. The number of benzene rings is 2. The van der Waals surface area contributed by atoms with Crippen LogP contribution >= 0.6 is 23.2 Å². The maximum absolute atomic E-state index is 12.9. The Bertz CT molecular complexity index is 1320. The summed E-state index contributed by atoms with van der Waals surface area (Å²) in [6.07, 6.45) is 2.84. The molecule has 166 valence electrons. The Morgan fingerprint density at radius 3 is 2.61 bits per heavy atom. The van der Waals surface area contributed by atoms with E-state index in [0.29, 0.717) is 15.9 Å². The van der Waals surface area contributed by atoms with Crippen molar-refractivity contribution in [2.24, 2.45) is 5.10 Å². The third-order valence-corrected chi connectivity index (χ3v) is 5.16. The first kappa shape index (κ1) is 22.3. The molecule has 0 aliphatic carbocycles. The number of aromatic nitrogens is 3. The molecule has 0 saturated carbocycles. The Hall–Kier alpha value is -3.88. The van der Waals surface area contributed by atoms with Crippen molar-refractivity contribution in [3.8, 4) is 22.8 Å². The molecule has 0 aliphatic rings. The average Bonchev–Trinajstić information content (AvgIpc) is 3.22. The van der Waals surface area contributed by atoms with Crippen LogP contribution in [-0.2, 0) is 6.54 Å². The standard InChI is InChI=1S/C23H17Cl2N5O3/c24-17-7-5-15(6-8-17)18-10-19(30(29-18)13-14-4-9-21(25)26-11-14)23(33)28-27-12-16-2-1-3-20(31)22(16)32/h1-12,31-32H,13H2,(H,28,33)/b27-12+. The van der Waals surface area contributed by atoms with Gasteiger partial charge in [-0.25, -0.2) is 10.4 Å². The fourth-order valence-electron chi connectivity index (χ4n) is 3.03. The molecule has 1 amide bonds. The molecule has 33 heavy (non-hydrogen) atoms. The maximum Gasteiger partial charge on any atom is 0.289 e. The molecule has 2 aromatic carbocycles. The fourth-order valence-corrected chi connectivity index (χ4v) is 3.26. The van der Waals surface area contributed by atoms with Gasteiger partial charge >= 0.3 is 0 Å². The van der Waals surface area contributed by atoms with E-state index in [-0.39, 0.29) is 29.3 Å². The summed E-state index contributed by atoms with van der Waals surface area (Å²) >= 11 is 11.8. The van der Waals surface area contributed by atoms with Crippen molar-refractivity contribution in [2.45, 2.75) is 6.54 Å². The van der Waals surface area contributed by atoms with Crippen LogP contribution in [0.15, 0.2) is 72.0 Å². The maximum atomic E-state index is 12.9. The summed E-state index contributed by atoms with van der Waals surface area (Å²) in [5.74, 6) is -1.13. The second-order valence-electron chi connectivity index (χ2n) is 6.98. The molecule has 10 heteroatoms. The van der Waals surface area contributed by atoms with Gasteiger partial charge in [0.25, 0.3) is 5.91 Å². The number of amides is 1. The SMILES string of the molecule is O=C(N/N=C/c1cccc(O)c1O)c1cc(-c2ccc(Cl)cc2)nn1Cc1ccc(Cl)nc1. The van der Waals surface area contributed by atoms with Gasteiger partial charge < -0.3 is 10.2 Å². The molecule has 0 aliphatic heterocycles. The van der Waals surface area contributed by atoms with Crippen LogP contribution in [0.3, 0.4) is 0 Å². The molecule has 2 heterocycles. The van der Waals surface area contributed by atoms with Gasteiger partial charge in [-0.15, -0.1) is 0 Å². The fraction of sp³-hybridized carbons (Fsp3) is 0.0435. The minimum absolute atomic E-state index is 0.248. The highest BCUT2D eigenvalue weighted by Gasteiger charge is 2.17. The van der Waals surface area contributed by atoms with Gasteiger partial charge in [0.05, 0.1) is 18.5 Å². The van der Waals surface area contributed by atoms with E-state index in [4.69, 9.17) is 23.2 Å². The molecular weight excluding hydrogens is 465 g/mol. The summed E-state index contributed by atoms with van der Waals surface area (Å²) in [7, 11) is 0. The lowest BCUT2D eigenvalue weighted by atomic mass is 10.1. The van der Waals surface area contributed by atoms with Crippen molar-refractivity contribution in [1.29, 1.82) is 0 Å². The lowest BCUT2D eigenvalue weighted by Gasteiger charge is -2.06. The van der Waals surface area contributed by atoms with Crippen LogP contribution in [0, 0.1) is 0 Å². The summed E-state index contributed by atoms with van der Waals surface area (Å²) in [5, 5.41) is 28.9. The molecule has 2 aromatic heterocycles.